The molecule has 0 bridgehead atoms. The highest BCUT2D eigenvalue weighted by atomic mass is 35.5. The van der Waals surface area contributed by atoms with Crippen molar-refractivity contribution in [2.45, 2.75) is 37.4 Å². The zero-order valence-corrected chi connectivity index (χ0v) is 23.9. The fourth-order valence-electron chi connectivity index (χ4n) is 4.55. The van der Waals surface area contributed by atoms with Gasteiger partial charge in [-0.05, 0) is 49.1 Å². The maximum Gasteiger partial charge on any atom is 0.220 e. The standard InChI is InChI=1S/C33H31ClN4OS/c1-24-17-19-27(20-18-24)32-36-37-33(38(32)29-15-8-14-28(34)23-29)40-21-9-16-31(39)35-30(26-12-6-3-7-13-26)22-25-10-4-2-5-11-25/h2-8,10-15,17-20,23,30H,9,16,21-22H2,1H3,(H,35,39)/t30-/m1/s1. The first-order valence-corrected chi connectivity index (χ1v) is 14.7. The summed E-state index contributed by atoms with van der Waals surface area (Å²) in [6.07, 6.45) is 1.89. The van der Waals surface area contributed by atoms with Gasteiger partial charge in [0.15, 0.2) is 11.0 Å². The van der Waals surface area contributed by atoms with E-state index in [4.69, 9.17) is 11.6 Å². The Bertz CT molecular complexity index is 1540. The van der Waals surface area contributed by atoms with Crippen LogP contribution < -0.4 is 5.32 Å². The number of nitrogens with zero attached hydrogens (tertiary/aromatic N) is 3. The van der Waals surface area contributed by atoms with Gasteiger partial charge in [0.25, 0.3) is 0 Å². The molecule has 0 radical (unpaired) electrons. The zero-order chi connectivity index (χ0) is 27.7. The number of aromatic nitrogens is 3. The second-order valence-electron chi connectivity index (χ2n) is 9.66. The molecule has 0 fully saturated rings. The number of rotatable bonds is 11. The summed E-state index contributed by atoms with van der Waals surface area (Å²) >= 11 is 7.92. The minimum Gasteiger partial charge on any atom is -0.349 e. The topological polar surface area (TPSA) is 59.8 Å². The van der Waals surface area contributed by atoms with Crippen LogP contribution in [0, 0.1) is 6.92 Å². The van der Waals surface area contributed by atoms with Crippen LogP contribution in [0.4, 0.5) is 0 Å². The molecule has 5 aromatic rings. The maximum absolute atomic E-state index is 13.0. The number of amides is 1. The van der Waals surface area contributed by atoms with E-state index in [2.05, 4.69) is 71.0 Å². The molecule has 1 aromatic heterocycles. The van der Waals surface area contributed by atoms with E-state index in [1.807, 2.05) is 65.2 Å². The van der Waals surface area contributed by atoms with E-state index < -0.39 is 0 Å². The lowest BCUT2D eigenvalue weighted by molar-refractivity contribution is -0.121. The molecule has 0 aliphatic rings. The van der Waals surface area contributed by atoms with Crippen LogP contribution in [-0.4, -0.2) is 26.4 Å². The van der Waals surface area contributed by atoms with Crippen molar-refractivity contribution in [1.82, 2.24) is 20.1 Å². The van der Waals surface area contributed by atoms with Crippen molar-refractivity contribution in [3.05, 3.63) is 131 Å². The fourth-order valence-corrected chi connectivity index (χ4v) is 5.63. The maximum atomic E-state index is 13.0. The van der Waals surface area contributed by atoms with Gasteiger partial charge >= 0.3 is 0 Å². The third-order valence-electron chi connectivity index (χ3n) is 6.61. The van der Waals surface area contributed by atoms with Gasteiger partial charge in [-0.2, -0.15) is 0 Å². The first-order chi connectivity index (χ1) is 19.6. The van der Waals surface area contributed by atoms with Crippen LogP contribution in [0.2, 0.25) is 5.02 Å². The Hall–Kier alpha value is -3.87. The van der Waals surface area contributed by atoms with Gasteiger partial charge in [0.05, 0.1) is 11.7 Å². The van der Waals surface area contributed by atoms with Crippen LogP contribution in [0.5, 0.6) is 0 Å². The van der Waals surface area contributed by atoms with Gasteiger partial charge in [-0.15, -0.1) is 10.2 Å². The molecule has 0 saturated carbocycles. The van der Waals surface area contributed by atoms with E-state index in [9.17, 15) is 4.79 Å². The lowest BCUT2D eigenvalue weighted by Gasteiger charge is -2.19. The van der Waals surface area contributed by atoms with Gasteiger partial charge in [0, 0.05) is 22.8 Å². The number of thioether (sulfide) groups is 1. The Morgan fingerprint density at radius 1 is 0.900 bits per heavy atom. The molecule has 1 amide bonds. The molecular weight excluding hydrogens is 536 g/mol. The highest BCUT2D eigenvalue weighted by Crippen LogP contribution is 2.30. The highest BCUT2D eigenvalue weighted by Gasteiger charge is 2.18. The van der Waals surface area contributed by atoms with Gasteiger partial charge in [-0.25, -0.2) is 0 Å². The van der Waals surface area contributed by atoms with Crippen LogP contribution in [0.15, 0.2) is 114 Å². The molecule has 7 heteroatoms. The van der Waals surface area contributed by atoms with Crippen molar-refractivity contribution in [3.63, 3.8) is 0 Å². The van der Waals surface area contributed by atoms with Crippen molar-refractivity contribution in [3.8, 4) is 17.1 Å². The summed E-state index contributed by atoms with van der Waals surface area (Å²) in [4.78, 5) is 13.0. The first-order valence-electron chi connectivity index (χ1n) is 13.4. The third kappa shape index (κ3) is 7.20. The molecule has 0 saturated heterocycles. The van der Waals surface area contributed by atoms with Crippen LogP contribution >= 0.6 is 23.4 Å². The Balaban J connectivity index is 1.25. The average molecular weight is 567 g/mol. The minimum atomic E-state index is -0.0771. The Labute approximate surface area is 244 Å². The van der Waals surface area contributed by atoms with Crippen molar-refractivity contribution in [2.75, 3.05) is 5.75 Å². The van der Waals surface area contributed by atoms with Crippen molar-refractivity contribution in [2.24, 2.45) is 0 Å². The average Bonchev–Trinajstić information content (AvgIpc) is 3.40. The predicted molar refractivity (Wildman–Crippen MR) is 164 cm³/mol. The van der Waals surface area contributed by atoms with E-state index in [1.165, 1.54) is 11.1 Å². The van der Waals surface area contributed by atoms with Gasteiger partial charge in [-0.3, -0.25) is 9.36 Å². The number of carbonyl (C=O) groups excluding carboxylic acids is 1. The number of nitrogens with one attached hydrogen (secondary N) is 1. The molecule has 0 aliphatic heterocycles. The Morgan fingerprint density at radius 2 is 1.62 bits per heavy atom. The quantitative estimate of drug-likeness (QED) is 0.130. The number of hydrogen-bond acceptors (Lipinski definition) is 4. The summed E-state index contributed by atoms with van der Waals surface area (Å²) in [5.74, 6) is 1.53. The number of benzene rings is 4. The Morgan fingerprint density at radius 3 is 2.35 bits per heavy atom. The molecule has 5 nitrogen and oxygen atoms in total. The SMILES string of the molecule is Cc1ccc(-c2nnc(SCCCC(=O)N[C@H](Cc3ccccc3)c3ccccc3)n2-c2cccc(Cl)c2)cc1. The van der Waals surface area contributed by atoms with Crippen LogP contribution in [0.1, 0.15) is 35.6 Å². The van der Waals surface area contributed by atoms with E-state index in [0.29, 0.717) is 17.9 Å². The monoisotopic (exact) mass is 566 g/mol. The predicted octanol–water partition coefficient (Wildman–Crippen LogP) is 7.87. The molecule has 202 valence electrons. The summed E-state index contributed by atoms with van der Waals surface area (Å²) in [5, 5.41) is 13.7. The van der Waals surface area contributed by atoms with Crippen LogP contribution in [-0.2, 0) is 11.2 Å². The molecule has 1 heterocycles. The molecular formula is C33H31ClN4OS. The van der Waals surface area contributed by atoms with Crippen LogP contribution in [0.25, 0.3) is 17.1 Å². The lowest BCUT2D eigenvalue weighted by atomic mass is 9.98. The normalized spacial score (nSPS) is 11.8. The van der Waals surface area contributed by atoms with Gasteiger partial charge in [-0.1, -0.05) is 120 Å². The molecule has 1 N–H and O–H groups in total. The number of carbonyl (C=O) groups is 1. The molecule has 40 heavy (non-hydrogen) atoms. The van der Waals surface area contributed by atoms with Gasteiger partial charge in [0.2, 0.25) is 5.91 Å². The molecule has 1 atom stereocenters. The summed E-state index contributed by atoms with van der Waals surface area (Å²) in [7, 11) is 0. The largest absolute Gasteiger partial charge is 0.349 e. The summed E-state index contributed by atoms with van der Waals surface area (Å²) in [6.45, 7) is 2.06. The van der Waals surface area contributed by atoms with Crippen molar-refractivity contribution in [1.29, 1.82) is 0 Å². The lowest BCUT2D eigenvalue weighted by Crippen LogP contribution is -2.29. The van der Waals surface area contributed by atoms with E-state index >= 15 is 0 Å². The summed E-state index contributed by atoms with van der Waals surface area (Å²) in [6, 6.07) is 36.3. The first kappa shape index (κ1) is 27.7. The number of hydrogen-bond donors (Lipinski definition) is 1. The number of halogens is 1. The highest BCUT2D eigenvalue weighted by molar-refractivity contribution is 7.99. The van der Waals surface area contributed by atoms with E-state index in [0.717, 1.165) is 40.0 Å². The summed E-state index contributed by atoms with van der Waals surface area (Å²) < 4.78 is 2.03. The Kier molecular flexibility index (Phi) is 9.32. The third-order valence-corrected chi connectivity index (χ3v) is 7.86. The zero-order valence-electron chi connectivity index (χ0n) is 22.3. The van der Waals surface area contributed by atoms with E-state index in [-0.39, 0.29) is 11.9 Å². The second-order valence-corrected chi connectivity index (χ2v) is 11.2. The van der Waals surface area contributed by atoms with Crippen molar-refractivity contribution >= 4 is 29.3 Å². The molecule has 4 aromatic carbocycles. The van der Waals surface area contributed by atoms with Gasteiger partial charge < -0.3 is 5.32 Å². The molecule has 5 rings (SSSR count). The molecule has 0 spiro atoms. The van der Waals surface area contributed by atoms with E-state index in [1.54, 1.807) is 11.8 Å². The van der Waals surface area contributed by atoms with Gasteiger partial charge in [0.1, 0.15) is 0 Å². The minimum absolute atomic E-state index is 0.0436. The smallest absolute Gasteiger partial charge is 0.220 e. The van der Waals surface area contributed by atoms with Crippen LogP contribution in [0.3, 0.4) is 0 Å². The summed E-state index contributed by atoms with van der Waals surface area (Å²) in [5.41, 5.74) is 5.36. The molecule has 0 unspecified atom stereocenters. The molecule has 0 aliphatic carbocycles. The van der Waals surface area contributed by atoms with Crippen molar-refractivity contribution < 1.29 is 4.79 Å². The second kappa shape index (κ2) is 13.5. The number of aryl methyl sites for hydroxylation is 1. The fraction of sp³-hybridized carbons (Fsp3) is 0.182.